The molecule has 0 atom stereocenters. The van der Waals surface area contributed by atoms with Crippen molar-refractivity contribution in [2.45, 2.75) is 0 Å². The molecule has 0 saturated heterocycles. The molecule has 0 unspecified atom stereocenters. The molecule has 0 saturated carbocycles. The second-order valence-electron chi connectivity index (χ2n) is 3.63. The first-order chi connectivity index (χ1) is 8.27. The number of amides is 1. The topological polar surface area (TPSA) is 60.9 Å². The lowest BCUT2D eigenvalue weighted by Gasteiger charge is -2.04. The third-order valence-corrected chi connectivity index (χ3v) is 3.40. The Morgan fingerprint density at radius 1 is 1.35 bits per heavy atom. The fraction of sp³-hybridized carbons (Fsp3) is 0. The van der Waals surface area contributed by atoms with Gasteiger partial charge in [-0.25, -0.2) is 0 Å². The van der Waals surface area contributed by atoms with Crippen molar-refractivity contribution in [1.82, 2.24) is 9.55 Å². The van der Waals surface area contributed by atoms with Crippen molar-refractivity contribution in [2.24, 2.45) is 5.73 Å². The molecule has 2 N–H and O–H groups in total. The zero-order valence-corrected chi connectivity index (χ0v) is 9.65. The van der Waals surface area contributed by atoms with Gasteiger partial charge in [-0.15, -0.1) is 11.3 Å². The Morgan fingerprint density at radius 2 is 2.24 bits per heavy atom. The molecule has 1 amide bonds. The number of primary amides is 1. The lowest BCUT2D eigenvalue weighted by atomic mass is 10.1. The lowest BCUT2D eigenvalue weighted by Crippen LogP contribution is -2.12. The molecule has 0 spiro atoms. The molecule has 3 rings (SSSR count). The Morgan fingerprint density at radius 3 is 2.94 bits per heavy atom. The molecule has 0 aliphatic heterocycles. The highest BCUT2D eigenvalue weighted by Crippen LogP contribution is 2.25. The summed E-state index contributed by atoms with van der Waals surface area (Å²) in [4.78, 5) is 15.5. The summed E-state index contributed by atoms with van der Waals surface area (Å²) in [5, 5.41) is 1.96. The van der Waals surface area contributed by atoms with Crippen LogP contribution in [0.4, 0.5) is 0 Å². The van der Waals surface area contributed by atoms with Gasteiger partial charge in [0.05, 0.1) is 22.8 Å². The summed E-state index contributed by atoms with van der Waals surface area (Å²) in [7, 11) is 0. The number of benzene rings is 1. The van der Waals surface area contributed by atoms with Crippen molar-refractivity contribution in [3.05, 3.63) is 47.7 Å². The molecule has 0 bridgehead atoms. The highest BCUT2D eigenvalue weighted by molar-refractivity contribution is 7.12. The number of hydrogen-bond donors (Lipinski definition) is 1. The minimum atomic E-state index is -0.417. The van der Waals surface area contributed by atoms with Gasteiger partial charge in [-0.3, -0.25) is 9.78 Å². The van der Waals surface area contributed by atoms with E-state index in [1.165, 1.54) is 11.3 Å². The molecule has 17 heavy (non-hydrogen) atoms. The van der Waals surface area contributed by atoms with Crippen molar-refractivity contribution < 1.29 is 4.79 Å². The molecule has 2 aromatic heterocycles. The summed E-state index contributed by atoms with van der Waals surface area (Å²) in [6.45, 7) is 0. The van der Waals surface area contributed by atoms with Gasteiger partial charge in [-0.1, -0.05) is 12.1 Å². The number of fused-ring (bicyclic) bond motifs is 1. The Hall–Kier alpha value is -2.14. The van der Waals surface area contributed by atoms with Crippen molar-refractivity contribution in [3.63, 3.8) is 0 Å². The van der Waals surface area contributed by atoms with Crippen LogP contribution in [0.5, 0.6) is 0 Å². The van der Waals surface area contributed by atoms with Gasteiger partial charge < -0.3 is 10.3 Å². The van der Waals surface area contributed by atoms with Crippen LogP contribution in [0.2, 0.25) is 0 Å². The van der Waals surface area contributed by atoms with Crippen LogP contribution in [-0.4, -0.2) is 15.5 Å². The third-order valence-electron chi connectivity index (χ3n) is 2.63. The third kappa shape index (κ3) is 1.52. The van der Waals surface area contributed by atoms with Crippen LogP contribution in [-0.2, 0) is 0 Å². The van der Waals surface area contributed by atoms with E-state index in [1.807, 2.05) is 29.0 Å². The van der Waals surface area contributed by atoms with Crippen molar-refractivity contribution in [1.29, 1.82) is 0 Å². The van der Waals surface area contributed by atoms with E-state index in [9.17, 15) is 4.79 Å². The summed E-state index contributed by atoms with van der Waals surface area (Å²) in [5.74, 6) is -0.417. The molecular weight excluding hydrogens is 234 g/mol. The van der Waals surface area contributed by atoms with Gasteiger partial charge in [-0.05, 0) is 12.1 Å². The van der Waals surface area contributed by atoms with Gasteiger partial charge in [0.2, 0.25) is 0 Å². The molecular formula is C12H9N3OS. The SMILES string of the molecule is NC(=O)c1cccc2ccn(-c3cncs3)c12. The van der Waals surface area contributed by atoms with Crippen LogP contribution < -0.4 is 5.73 Å². The average molecular weight is 243 g/mol. The van der Waals surface area contributed by atoms with E-state index in [4.69, 9.17) is 5.73 Å². The molecule has 4 nitrogen and oxygen atoms in total. The van der Waals surface area contributed by atoms with Crippen LogP contribution >= 0.6 is 11.3 Å². The van der Waals surface area contributed by atoms with Crippen molar-refractivity contribution in [3.8, 4) is 5.00 Å². The minimum absolute atomic E-state index is 0.417. The largest absolute Gasteiger partial charge is 0.366 e. The van der Waals surface area contributed by atoms with E-state index in [0.29, 0.717) is 5.56 Å². The predicted octanol–water partition coefficient (Wildman–Crippen LogP) is 2.19. The van der Waals surface area contributed by atoms with Crippen molar-refractivity contribution >= 4 is 28.1 Å². The number of carbonyl (C=O) groups is 1. The summed E-state index contributed by atoms with van der Waals surface area (Å²) >= 11 is 1.52. The van der Waals surface area contributed by atoms with E-state index in [-0.39, 0.29) is 0 Å². The monoisotopic (exact) mass is 243 g/mol. The van der Waals surface area contributed by atoms with Crippen LogP contribution in [0.25, 0.3) is 15.9 Å². The highest BCUT2D eigenvalue weighted by atomic mass is 32.1. The van der Waals surface area contributed by atoms with Gasteiger partial charge in [0.25, 0.3) is 5.91 Å². The number of rotatable bonds is 2. The van der Waals surface area contributed by atoms with Crippen LogP contribution in [0, 0.1) is 0 Å². The van der Waals surface area contributed by atoms with Crippen LogP contribution in [0.15, 0.2) is 42.2 Å². The number of nitrogens with zero attached hydrogens (tertiary/aromatic N) is 2. The fourth-order valence-electron chi connectivity index (χ4n) is 1.90. The van der Waals surface area contributed by atoms with E-state index >= 15 is 0 Å². The Labute approximate surface area is 101 Å². The molecule has 0 fully saturated rings. The quantitative estimate of drug-likeness (QED) is 0.750. The van der Waals surface area contributed by atoms with Gasteiger partial charge in [0, 0.05) is 11.6 Å². The van der Waals surface area contributed by atoms with Gasteiger partial charge >= 0.3 is 0 Å². The van der Waals surface area contributed by atoms with E-state index in [1.54, 1.807) is 17.8 Å². The summed E-state index contributed by atoms with van der Waals surface area (Å²) in [6, 6.07) is 7.49. The Balaban J connectivity index is 2.37. The average Bonchev–Trinajstić information content (AvgIpc) is 2.96. The van der Waals surface area contributed by atoms with Crippen molar-refractivity contribution in [2.75, 3.05) is 0 Å². The Bertz CT molecular complexity index is 685. The van der Waals surface area contributed by atoms with E-state index in [0.717, 1.165) is 15.9 Å². The van der Waals surface area contributed by atoms with Crippen LogP contribution in [0.3, 0.4) is 0 Å². The first-order valence-electron chi connectivity index (χ1n) is 5.06. The summed E-state index contributed by atoms with van der Waals surface area (Å²) in [6.07, 6.45) is 3.69. The number of aromatic nitrogens is 2. The molecule has 0 radical (unpaired) electrons. The second kappa shape index (κ2) is 3.71. The molecule has 2 heterocycles. The van der Waals surface area contributed by atoms with Gasteiger partial charge in [0.15, 0.2) is 0 Å². The molecule has 0 aliphatic rings. The maximum Gasteiger partial charge on any atom is 0.250 e. The molecule has 0 aliphatic carbocycles. The predicted molar refractivity (Wildman–Crippen MR) is 67.5 cm³/mol. The maximum absolute atomic E-state index is 11.4. The molecule has 1 aromatic carbocycles. The molecule has 5 heteroatoms. The molecule has 3 aromatic rings. The number of para-hydroxylation sites is 1. The number of nitrogens with two attached hydrogens (primary N) is 1. The van der Waals surface area contributed by atoms with E-state index < -0.39 is 5.91 Å². The highest BCUT2D eigenvalue weighted by Gasteiger charge is 2.12. The minimum Gasteiger partial charge on any atom is -0.366 e. The zero-order chi connectivity index (χ0) is 11.8. The number of thiazole rings is 1. The first-order valence-corrected chi connectivity index (χ1v) is 5.94. The number of carbonyl (C=O) groups excluding carboxylic acids is 1. The fourth-order valence-corrected chi connectivity index (χ4v) is 2.52. The van der Waals surface area contributed by atoms with Gasteiger partial charge in [-0.2, -0.15) is 0 Å². The smallest absolute Gasteiger partial charge is 0.250 e. The zero-order valence-electron chi connectivity index (χ0n) is 8.83. The Kier molecular flexibility index (Phi) is 2.19. The van der Waals surface area contributed by atoms with Gasteiger partial charge in [0.1, 0.15) is 5.00 Å². The normalized spacial score (nSPS) is 10.8. The lowest BCUT2D eigenvalue weighted by molar-refractivity contribution is 0.100. The second-order valence-corrected chi connectivity index (χ2v) is 4.50. The standard InChI is InChI=1S/C12H9N3OS/c13-12(16)9-3-1-2-8-4-5-15(11(8)9)10-6-14-7-17-10/h1-7H,(H2,13,16). The number of hydrogen-bond acceptors (Lipinski definition) is 3. The molecule has 84 valence electrons. The van der Waals surface area contributed by atoms with Crippen LogP contribution in [0.1, 0.15) is 10.4 Å². The summed E-state index contributed by atoms with van der Waals surface area (Å²) in [5.41, 5.74) is 8.52. The summed E-state index contributed by atoms with van der Waals surface area (Å²) < 4.78 is 1.94. The first kappa shape index (κ1) is 10.0. The maximum atomic E-state index is 11.4. The van der Waals surface area contributed by atoms with E-state index in [2.05, 4.69) is 4.98 Å².